The molecule has 106 valence electrons. The summed E-state index contributed by atoms with van der Waals surface area (Å²) < 4.78 is 4.68. The first-order valence-electron chi connectivity index (χ1n) is 5.95. The van der Waals surface area contributed by atoms with E-state index in [-0.39, 0.29) is 0 Å². The van der Waals surface area contributed by atoms with E-state index in [2.05, 4.69) is 100 Å². The van der Waals surface area contributed by atoms with Crippen LogP contribution in [0.3, 0.4) is 0 Å². The van der Waals surface area contributed by atoms with Gasteiger partial charge in [-0.25, -0.2) is 0 Å². The molecule has 20 heavy (non-hydrogen) atoms. The third kappa shape index (κ3) is 4.86. The average Bonchev–Trinajstić information content (AvgIpc) is 2.43. The van der Waals surface area contributed by atoms with Crippen molar-refractivity contribution in [2.24, 2.45) is 0 Å². The maximum Gasteiger partial charge on any atom is 0.0391 e. The van der Waals surface area contributed by atoms with Crippen LogP contribution < -0.4 is 10.6 Å². The van der Waals surface area contributed by atoms with Gasteiger partial charge in [-0.05, 0) is 98.8 Å². The van der Waals surface area contributed by atoms with Gasteiger partial charge in [0, 0.05) is 17.9 Å². The van der Waals surface area contributed by atoms with E-state index in [1.165, 1.54) is 31.9 Å². The SMILES string of the molecule is Brc1cccc(PCCPc2cccc(Br)c2Br)c1Br. The average molecular weight is 562 g/mol. The molecular weight excluding hydrogens is 550 g/mol. The van der Waals surface area contributed by atoms with Gasteiger partial charge in [-0.1, -0.05) is 41.4 Å². The Hall–Kier alpha value is 1.22. The lowest BCUT2D eigenvalue weighted by Crippen LogP contribution is -2.02. The van der Waals surface area contributed by atoms with Gasteiger partial charge in [0.05, 0.1) is 0 Å². The first-order chi connectivity index (χ1) is 9.59. The minimum Gasteiger partial charge on any atom is -0.0888 e. The smallest absolute Gasteiger partial charge is 0.0391 e. The lowest BCUT2D eigenvalue weighted by Gasteiger charge is -2.08. The van der Waals surface area contributed by atoms with Crippen LogP contribution in [-0.4, -0.2) is 12.3 Å². The van der Waals surface area contributed by atoms with Crippen LogP contribution >= 0.6 is 80.9 Å². The van der Waals surface area contributed by atoms with Crippen molar-refractivity contribution in [1.82, 2.24) is 0 Å². The standard InChI is InChI=1S/C14H12Br4P2/c15-9-3-1-5-11(13(9)17)19-7-8-20-12-6-2-4-10(16)14(12)18/h1-6,19-20H,7-8H2. The van der Waals surface area contributed by atoms with Crippen molar-refractivity contribution in [3.8, 4) is 0 Å². The Kier molecular flexibility index (Phi) is 7.69. The van der Waals surface area contributed by atoms with Crippen molar-refractivity contribution < 1.29 is 0 Å². The molecule has 0 nitrogen and oxygen atoms in total. The lowest BCUT2D eigenvalue weighted by atomic mass is 10.4. The minimum atomic E-state index is 0.849. The molecule has 0 saturated carbocycles. The fourth-order valence-electron chi connectivity index (χ4n) is 1.67. The largest absolute Gasteiger partial charge is 0.0888 e. The number of benzene rings is 2. The fourth-order valence-corrected chi connectivity index (χ4v) is 6.69. The summed E-state index contributed by atoms with van der Waals surface area (Å²) in [5.41, 5.74) is 0. The molecule has 2 aromatic carbocycles. The summed E-state index contributed by atoms with van der Waals surface area (Å²) in [4.78, 5) is 0. The molecule has 2 rings (SSSR count). The fraction of sp³-hybridized carbons (Fsp3) is 0.143. The van der Waals surface area contributed by atoms with Crippen molar-refractivity contribution in [2.75, 3.05) is 12.3 Å². The van der Waals surface area contributed by atoms with E-state index in [9.17, 15) is 0 Å². The van der Waals surface area contributed by atoms with Crippen LogP contribution in [0, 0.1) is 0 Å². The second kappa shape index (κ2) is 8.75. The molecule has 2 aromatic rings. The van der Waals surface area contributed by atoms with E-state index in [1.807, 2.05) is 0 Å². The van der Waals surface area contributed by atoms with E-state index in [4.69, 9.17) is 0 Å². The second-order valence-corrected chi connectivity index (χ2v) is 10.1. The van der Waals surface area contributed by atoms with Crippen LogP contribution in [0.2, 0.25) is 0 Å². The highest BCUT2D eigenvalue weighted by Crippen LogP contribution is 2.29. The first-order valence-corrected chi connectivity index (χ1v) is 11.5. The van der Waals surface area contributed by atoms with E-state index in [0.717, 1.165) is 26.1 Å². The molecule has 0 bridgehead atoms. The molecule has 0 N–H and O–H groups in total. The molecule has 0 saturated heterocycles. The summed E-state index contributed by atoms with van der Waals surface area (Å²) in [6.45, 7) is 0. The Balaban J connectivity index is 1.88. The number of hydrogen-bond donors (Lipinski definition) is 0. The molecule has 0 amide bonds. The zero-order valence-corrected chi connectivity index (χ0v) is 18.7. The molecule has 6 heteroatoms. The van der Waals surface area contributed by atoms with Crippen molar-refractivity contribution in [3.05, 3.63) is 54.3 Å². The zero-order valence-electron chi connectivity index (χ0n) is 10.4. The van der Waals surface area contributed by atoms with Gasteiger partial charge in [0.15, 0.2) is 0 Å². The summed E-state index contributed by atoms with van der Waals surface area (Å²) >= 11 is 14.4. The summed E-state index contributed by atoms with van der Waals surface area (Å²) in [7, 11) is 1.70. The Morgan fingerprint density at radius 2 is 1.05 bits per heavy atom. The van der Waals surface area contributed by atoms with E-state index >= 15 is 0 Å². The maximum absolute atomic E-state index is 3.65. The maximum atomic E-state index is 3.65. The molecule has 2 unspecified atom stereocenters. The third-order valence-electron chi connectivity index (χ3n) is 2.66. The van der Waals surface area contributed by atoms with Crippen molar-refractivity contribution in [3.63, 3.8) is 0 Å². The third-order valence-corrected chi connectivity index (χ3v) is 10.6. The van der Waals surface area contributed by atoms with E-state index < -0.39 is 0 Å². The Morgan fingerprint density at radius 3 is 1.45 bits per heavy atom. The van der Waals surface area contributed by atoms with Gasteiger partial charge in [0.1, 0.15) is 0 Å². The van der Waals surface area contributed by atoms with Gasteiger partial charge in [0.2, 0.25) is 0 Å². The molecule has 0 radical (unpaired) electrons. The number of halogens is 4. The summed E-state index contributed by atoms with van der Waals surface area (Å²) in [5.74, 6) is 0. The molecule has 0 aliphatic carbocycles. The van der Waals surface area contributed by atoms with E-state index in [1.54, 1.807) is 0 Å². The molecule has 2 atom stereocenters. The van der Waals surface area contributed by atoms with E-state index in [0.29, 0.717) is 0 Å². The number of rotatable bonds is 5. The molecule has 0 fully saturated rings. The summed E-state index contributed by atoms with van der Waals surface area (Å²) in [5, 5.41) is 2.80. The van der Waals surface area contributed by atoms with Crippen molar-refractivity contribution in [2.45, 2.75) is 0 Å². The molecule has 0 heterocycles. The van der Waals surface area contributed by atoms with Crippen LogP contribution in [0.5, 0.6) is 0 Å². The van der Waals surface area contributed by atoms with Crippen LogP contribution in [0.1, 0.15) is 0 Å². The number of hydrogen-bond acceptors (Lipinski definition) is 0. The minimum absolute atomic E-state index is 0.849. The quantitative estimate of drug-likeness (QED) is 0.308. The van der Waals surface area contributed by atoms with Crippen LogP contribution in [0.25, 0.3) is 0 Å². The van der Waals surface area contributed by atoms with Gasteiger partial charge in [-0.3, -0.25) is 0 Å². The van der Waals surface area contributed by atoms with Gasteiger partial charge in [-0.2, -0.15) is 0 Å². The Bertz CT molecular complexity index is 548. The molecule has 0 spiro atoms. The highest BCUT2D eigenvalue weighted by atomic mass is 79.9. The predicted molar refractivity (Wildman–Crippen MR) is 109 cm³/mol. The highest BCUT2D eigenvalue weighted by Gasteiger charge is 2.05. The summed E-state index contributed by atoms with van der Waals surface area (Å²) in [6.07, 6.45) is 2.46. The summed E-state index contributed by atoms with van der Waals surface area (Å²) in [6, 6.07) is 12.7. The molecule has 0 aliphatic rings. The molecule has 0 aromatic heterocycles. The van der Waals surface area contributed by atoms with Gasteiger partial charge >= 0.3 is 0 Å². The second-order valence-electron chi connectivity index (χ2n) is 4.06. The first kappa shape index (κ1) is 17.6. The van der Waals surface area contributed by atoms with Crippen molar-refractivity contribution in [1.29, 1.82) is 0 Å². The lowest BCUT2D eigenvalue weighted by molar-refractivity contribution is 1.53. The van der Waals surface area contributed by atoms with Crippen molar-refractivity contribution >= 4 is 91.5 Å². The molecular formula is C14H12Br4P2. The zero-order chi connectivity index (χ0) is 14.5. The topological polar surface area (TPSA) is 0 Å². The Morgan fingerprint density at radius 1 is 0.650 bits per heavy atom. The highest BCUT2D eigenvalue weighted by molar-refractivity contribution is 9.13. The van der Waals surface area contributed by atoms with Gasteiger partial charge in [0.25, 0.3) is 0 Å². The van der Waals surface area contributed by atoms with Crippen LogP contribution in [-0.2, 0) is 0 Å². The monoisotopic (exact) mass is 558 g/mol. The van der Waals surface area contributed by atoms with Crippen LogP contribution in [0.4, 0.5) is 0 Å². The van der Waals surface area contributed by atoms with Crippen LogP contribution in [0.15, 0.2) is 54.3 Å². The molecule has 0 aliphatic heterocycles. The Labute approximate surface area is 157 Å². The normalized spacial score (nSPS) is 12.0. The van der Waals surface area contributed by atoms with Gasteiger partial charge < -0.3 is 0 Å². The predicted octanol–water partition coefficient (Wildman–Crippen LogP) is 6.04. The van der Waals surface area contributed by atoms with Gasteiger partial charge in [-0.15, -0.1) is 0 Å².